The van der Waals surface area contributed by atoms with Crippen molar-refractivity contribution in [3.8, 4) is 11.1 Å². The molecule has 3 heteroatoms. The minimum absolute atomic E-state index is 0.397. The summed E-state index contributed by atoms with van der Waals surface area (Å²) in [5, 5.41) is 3.47. The Labute approximate surface area is 126 Å². The van der Waals surface area contributed by atoms with E-state index in [-0.39, 0.29) is 0 Å². The fraction of sp³-hybridized carbons (Fsp3) is 0.278. The molecule has 3 N–H and O–H groups in total. The van der Waals surface area contributed by atoms with E-state index in [1.165, 1.54) is 12.0 Å². The third-order valence-electron chi connectivity index (χ3n) is 3.64. The lowest BCUT2D eigenvalue weighted by molar-refractivity contribution is 0.100. The second-order valence-corrected chi connectivity index (χ2v) is 5.20. The van der Waals surface area contributed by atoms with E-state index >= 15 is 0 Å². The van der Waals surface area contributed by atoms with Gasteiger partial charge in [0.2, 0.25) is 5.91 Å². The van der Waals surface area contributed by atoms with Crippen LogP contribution in [0.3, 0.4) is 0 Å². The topological polar surface area (TPSA) is 55.1 Å². The summed E-state index contributed by atoms with van der Waals surface area (Å²) in [6.07, 6.45) is 2.33. The van der Waals surface area contributed by atoms with Gasteiger partial charge in [0, 0.05) is 17.8 Å². The molecule has 0 aliphatic carbocycles. The van der Waals surface area contributed by atoms with E-state index < -0.39 is 5.91 Å². The van der Waals surface area contributed by atoms with Crippen molar-refractivity contribution >= 4 is 11.6 Å². The molecule has 0 spiro atoms. The number of benzene rings is 2. The fourth-order valence-corrected chi connectivity index (χ4v) is 2.38. The summed E-state index contributed by atoms with van der Waals surface area (Å²) in [6.45, 7) is 5.25. The second kappa shape index (κ2) is 6.93. The van der Waals surface area contributed by atoms with Gasteiger partial charge in [-0.2, -0.15) is 0 Å². The van der Waals surface area contributed by atoms with Crippen molar-refractivity contribution in [2.45, 2.75) is 26.7 Å². The lowest BCUT2D eigenvalue weighted by Crippen LogP contribution is -2.10. The maximum absolute atomic E-state index is 11.3. The molecule has 3 nitrogen and oxygen atoms in total. The normalized spacial score (nSPS) is 10.4. The summed E-state index contributed by atoms with van der Waals surface area (Å²) in [5.74, 6) is -0.397. The number of anilines is 1. The van der Waals surface area contributed by atoms with E-state index in [1.54, 1.807) is 6.07 Å². The number of primary amides is 1. The van der Waals surface area contributed by atoms with Crippen LogP contribution in [0.15, 0.2) is 42.5 Å². The molecule has 110 valence electrons. The third kappa shape index (κ3) is 3.63. The molecule has 0 unspecified atom stereocenters. The van der Waals surface area contributed by atoms with Gasteiger partial charge in [-0.15, -0.1) is 0 Å². The molecule has 0 aliphatic rings. The molecule has 0 aromatic heterocycles. The van der Waals surface area contributed by atoms with Crippen molar-refractivity contribution in [3.63, 3.8) is 0 Å². The number of nitrogens with one attached hydrogen (secondary N) is 1. The molecule has 2 aromatic rings. The van der Waals surface area contributed by atoms with Crippen LogP contribution in [0.25, 0.3) is 11.1 Å². The maximum atomic E-state index is 11.3. The third-order valence-corrected chi connectivity index (χ3v) is 3.64. The zero-order chi connectivity index (χ0) is 15.2. The molecule has 21 heavy (non-hydrogen) atoms. The van der Waals surface area contributed by atoms with Crippen LogP contribution in [-0.4, -0.2) is 12.5 Å². The number of nitrogens with two attached hydrogens (primary N) is 1. The van der Waals surface area contributed by atoms with E-state index in [2.05, 4.69) is 31.3 Å². The quantitative estimate of drug-likeness (QED) is 0.788. The van der Waals surface area contributed by atoms with Crippen molar-refractivity contribution in [1.82, 2.24) is 0 Å². The summed E-state index contributed by atoms with van der Waals surface area (Å²) in [7, 11) is 0. The number of carbonyl (C=O) groups excluding carboxylic acids is 1. The first-order valence-corrected chi connectivity index (χ1v) is 7.37. The molecule has 0 saturated heterocycles. The zero-order valence-electron chi connectivity index (χ0n) is 12.6. The highest BCUT2D eigenvalue weighted by atomic mass is 16.1. The Morgan fingerprint density at radius 2 is 1.95 bits per heavy atom. The number of hydrogen-bond donors (Lipinski definition) is 2. The van der Waals surface area contributed by atoms with Crippen LogP contribution in [0, 0.1) is 6.92 Å². The Morgan fingerprint density at radius 1 is 1.19 bits per heavy atom. The van der Waals surface area contributed by atoms with Crippen LogP contribution in [0.2, 0.25) is 0 Å². The average molecular weight is 282 g/mol. The molecule has 0 atom stereocenters. The van der Waals surface area contributed by atoms with Gasteiger partial charge in [-0.05, 0) is 48.2 Å². The van der Waals surface area contributed by atoms with Gasteiger partial charge >= 0.3 is 0 Å². The smallest absolute Gasteiger partial charge is 0.248 e. The van der Waals surface area contributed by atoms with E-state index in [1.807, 2.05) is 24.3 Å². The highest BCUT2D eigenvalue weighted by Gasteiger charge is 2.08. The van der Waals surface area contributed by atoms with Crippen LogP contribution >= 0.6 is 0 Å². The number of hydrogen-bond acceptors (Lipinski definition) is 2. The Morgan fingerprint density at radius 3 is 2.67 bits per heavy atom. The first kappa shape index (κ1) is 15.1. The summed E-state index contributed by atoms with van der Waals surface area (Å²) >= 11 is 0. The Kier molecular flexibility index (Phi) is 4.99. The first-order valence-electron chi connectivity index (χ1n) is 7.37. The van der Waals surface area contributed by atoms with E-state index in [0.717, 1.165) is 29.8 Å². The second-order valence-electron chi connectivity index (χ2n) is 5.20. The van der Waals surface area contributed by atoms with Crippen molar-refractivity contribution in [2.75, 3.05) is 11.9 Å². The van der Waals surface area contributed by atoms with E-state index in [4.69, 9.17) is 5.73 Å². The number of amides is 1. The highest BCUT2D eigenvalue weighted by Crippen LogP contribution is 2.29. The minimum Gasteiger partial charge on any atom is -0.385 e. The van der Waals surface area contributed by atoms with Crippen LogP contribution in [-0.2, 0) is 0 Å². The van der Waals surface area contributed by atoms with Crippen LogP contribution in [0.1, 0.15) is 35.7 Å². The van der Waals surface area contributed by atoms with Gasteiger partial charge in [0.15, 0.2) is 0 Å². The van der Waals surface area contributed by atoms with Crippen molar-refractivity contribution < 1.29 is 4.79 Å². The van der Waals surface area contributed by atoms with Gasteiger partial charge in [0.1, 0.15) is 0 Å². The van der Waals surface area contributed by atoms with Crippen LogP contribution in [0.5, 0.6) is 0 Å². The van der Waals surface area contributed by atoms with Crippen LogP contribution in [0.4, 0.5) is 5.69 Å². The number of carbonyl (C=O) groups is 1. The van der Waals surface area contributed by atoms with Gasteiger partial charge in [-0.25, -0.2) is 0 Å². The molecule has 1 amide bonds. The molecule has 2 rings (SSSR count). The number of unbranched alkanes of at least 4 members (excludes halogenated alkanes) is 1. The number of rotatable bonds is 6. The molecule has 0 radical (unpaired) electrons. The molecular formula is C18H22N2O. The molecule has 2 aromatic carbocycles. The predicted molar refractivity (Wildman–Crippen MR) is 88.5 cm³/mol. The lowest BCUT2D eigenvalue weighted by Gasteiger charge is -2.14. The van der Waals surface area contributed by atoms with Gasteiger partial charge in [0.25, 0.3) is 0 Å². The summed E-state index contributed by atoms with van der Waals surface area (Å²) < 4.78 is 0. The van der Waals surface area contributed by atoms with E-state index in [9.17, 15) is 4.79 Å². The average Bonchev–Trinajstić information content (AvgIpc) is 2.49. The Bertz CT molecular complexity index is 635. The predicted octanol–water partition coefficient (Wildman–Crippen LogP) is 3.97. The Hall–Kier alpha value is -2.29. The van der Waals surface area contributed by atoms with Crippen molar-refractivity contribution in [1.29, 1.82) is 0 Å². The fourth-order valence-electron chi connectivity index (χ4n) is 2.38. The largest absolute Gasteiger partial charge is 0.385 e. The summed E-state index contributed by atoms with van der Waals surface area (Å²) in [6, 6.07) is 13.7. The van der Waals surface area contributed by atoms with Gasteiger partial charge < -0.3 is 11.1 Å². The molecule has 0 heterocycles. The van der Waals surface area contributed by atoms with Gasteiger partial charge in [-0.1, -0.05) is 37.6 Å². The van der Waals surface area contributed by atoms with Crippen molar-refractivity contribution in [3.05, 3.63) is 53.6 Å². The highest BCUT2D eigenvalue weighted by molar-refractivity contribution is 5.94. The van der Waals surface area contributed by atoms with Gasteiger partial charge in [-0.3, -0.25) is 4.79 Å². The van der Waals surface area contributed by atoms with Gasteiger partial charge in [0.05, 0.1) is 0 Å². The maximum Gasteiger partial charge on any atom is 0.248 e. The standard InChI is InChI=1S/C18H22N2O/c1-3-4-11-20-17-10-6-9-16(13(17)2)14-7-5-8-15(12-14)18(19)21/h5-10,12,20H,3-4,11H2,1-2H3,(H2,19,21). The molecule has 0 bridgehead atoms. The first-order chi connectivity index (χ1) is 10.1. The summed E-state index contributed by atoms with van der Waals surface area (Å²) in [5.41, 5.74) is 10.4. The minimum atomic E-state index is -0.397. The zero-order valence-corrected chi connectivity index (χ0v) is 12.6. The lowest BCUT2D eigenvalue weighted by atomic mass is 9.97. The van der Waals surface area contributed by atoms with E-state index in [0.29, 0.717) is 5.56 Å². The Balaban J connectivity index is 2.33. The molecule has 0 aliphatic heterocycles. The molecular weight excluding hydrogens is 260 g/mol. The van der Waals surface area contributed by atoms with Crippen LogP contribution < -0.4 is 11.1 Å². The molecule has 0 fully saturated rings. The SMILES string of the molecule is CCCCNc1cccc(-c2cccc(C(N)=O)c2)c1C. The van der Waals surface area contributed by atoms with Crippen molar-refractivity contribution in [2.24, 2.45) is 5.73 Å². The summed E-state index contributed by atoms with van der Waals surface area (Å²) in [4.78, 5) is 11.3. The molecule has 0 saturated carbocycles. The monoisotopic (exact) mass is 282 g/mol.